The fourth-order valence-electron chi connectivity index (χ4n) is 4.58. The lowest BCUT2D eigenvalue weighted by Gasteiger charge is -2.39. The number of piperidine rings is 1. The lowest BCUT2D eigenvalue weighted by atomic mass is 9.94. The van der Waals surface area contributed by atoms with Crippen LogP contribution in [0.3, 0.4) is 0 Å². The highest BCUT2D eigenvalue weighted by atomic mass is 79.9. The lowest BCUT2D eigenvalue weighted by molar-refractivity contribution is -0.138. The third-order valence-corrected chi connectivity index (χ3v) is 7.55. The molecular formula is C23H27BrN6O2S. The number of amides is 1. The fraction of sp³-hybridized carbons (Fsp3) is 0.478. The Labute approximate surface area is 206 Å². The summed E-state index contributed by atoms with van der Waals surface area (Å²) in [7, 11) is 0. The summed E-state index contributed by atoms with van der Waals surface area (Å²) in [6.07, 6.45) is 3.54. The molecule has 0 spiro atoms. The Kier molecular flexibility index (Phi) is 7.03. The van der Waals surface area contributed by atoms with Gasteiger partial charge in [0, 0.05) is 62.4 Å². The minimum atomic E-state index is 0.111. The normalized spacial score (nSPS) is 18.1. The van der Waals surface area contributed by atoms with Crippen molar-refractivity contribution in [2.24, 2.45) is 5.92 Å². The molecule has 8 nitrogen and oxygen atoms in total. The van der Waals surface area contributed by atoms with E-state index in [1.807, 2.05) is 30.3 Å². The molecule has 2 aromatic heterocycles. The molecule has 0 unspecified atom stereocenters. The highest BCUT2D eigenvalue weighted by Crippen LogP contribution is 2.29. The van der Waals surface area contributed by atoms with Crippen molar-refractivity contribution in [2.75, 3.05) is 57.3 Å². The van der Waals surface area contributed by atoms with Gasteiger partial charge in [-0.1, -0.05) is 15.9 Å². The number of carbonyl (C=O) groups is 1. The molecule has 2 aliphatic rings. The number of fused-ring (bicyclic) bond motifs is 1. The maximum absolute atomic E-state index is 13.1. The van der Waals surface area contributed by atoms with Gasteiger partial charge in [-0.2, -0.15) is 8.75 Å². The molecule has 0 aliphatic carbocycles. The van der Waals surface area contributed by atoms with E-state index in [0.29, 0.717) is 18.2 Å². The van der Waals surface area contributed by atoms with Crippen LogP contribution in [0.15, 0.2) is 41.0 Å². The molecule has 0 atom stereocenters. The van der Waals surface area contributed by atoms with Gasteiger partial charge in [0.1, 0.15) is 17.9 Å². The van der Waals surface area contributed by atoms with Crippen LogP contribution in [-0.2, 0) is 4.79 Å². The highest BCUT2D eigenvalue weighted by molar-refractivity contribution is 9.10. The van der Waals surface area contributed by atoms with E-state index < -0.39 is 0 Å². The Morgan fingerprint density at radius 2 is 1.79 bits per heavy atom. The molecule has 2 saturated heterocycles. The lowest BCUT2D eigenvalue weighted by Crippen LogP contribution is -2.52. The first-order valence-electron chi connectivity index (χ1n) is 11.4. The quantitative estimate of drug-likeness (QED) is 0.484. The van der Waals surface area contributed by atoms with E-state index in [1.165, 1.54) is 11.7 Å². The first kappa shape index (κ1) is 22.5. The number of carbonyl (C=O) groups excluding carboxylic acids is 1. The second-order valence-corrected chi connectivity index (χ2v) is 9.94. The van der Waals surface area contributed by atoms with E-state index in [0.717, 1.165) is 80.1 Å². The minimum Gasteiger partial charge on any atom is -0.492 e. The Bertz CT molecular complexity index is 1080. The summed E-state index contributed by atoms with van der Waals surface area (Å²) in [6.45, 7) is 6.66. The van der Waals surface area contributed by atoms with Crippen molar-refractivity contribution in [3.05, 3.63) is 41.0 Å². The molecule has 0 radical (unpaired) electrons. The second kappa shape index (κ2) is 10.3. The molecule has 2 aliphatic heterocycles. The van der Waals surface area contributed by atoms with Crippen LogP contribution in [0.25, 0.3) is 11.2 Å². The smallest absolute Gasteiger partial charge is 0.225 e. The van der Waals surface area contributed by atoms with Crippen molar-refractivity contribution in [1.29, 1.82) is 0 Å². The van der Waals surface area contributed by atoms with Gasteiger partial charge in [0.25, 0.3) is 0 Å². The summed E-state index contributed by atoms with van der Waals surface area (Å²) < 4.78 is 15.5. The summed E-state index contributed by atoms with van der Waals surface area (Å²) in [5.41, 5.74) is 2.65. The number of aromatic nitrogens is 3. The molecule has 1 aromatic carbocycles. The number of benzene rings is 1. The van der Waals surface area contributed by atoms with Gasteiger partial charge >= 0.3 is 0 Å². The zero-order valence-corrected chi connectivity index (χ0v) is 20.8. The van der Waals surface area contributed by atoms with Crippen molar-refractivity contribution in [3.63, 3.8) is 0 Å². The van der Waals surface area contributed by atoms with Gasteiger partial charge in [-0.15, -0.1) is 0 Å². The average Bonchev–Trinajstić information content (AvgIpc) is 3.35. The van der Waals surface area contributed by atoms with E-state index >= 15 is 0 Å². The van der Waals surface area contributed by atoms with E-state index in [2.05, 4.69) is 44.4 Å². The van der Waals surface area contributed by atoms with E-state index in [4.69, 9.17) is 4.74 Å². The highest BCUT2D eigenvalue weighted by Gasteiger charge is 2.31. The van der Waals surface area contributed by atoms with Crippen molar-refractivity contribution in [2.45, 2.75) is 12.8 Å². The summed E-state index contributed by atoms with van der Waals surface area (Å²) in [4.78, 5) is 24.2. The van der Waals surface area contributed by atoms with Gasteiger partial charge in [0.05, 0.1) is 17.4 Å². The summed E-state index contributed by atoms with van der Waals surface area (Å²) in [5, 5.41) is 0. The molecule has 0 N–H and O–H groups in total. The zero-order chi connectivity index (χ0) is 22.6. The molecule has 2 fully saturated rings. The maximum Gasteiger partial charge on any atom is 0.225 e. The van der Waals surface area contributed by atoms with Crippen LogP contribution in [-0.4, -0.2) is 81.9 Å². The van der Waals surface area contributed by atoms with Gasteiger partial charge < -0.3 is 14.5 Å². The number of pyridine rings is 1. The molecule has 5 rings (SSSR count). The molecule has 174 valence electrons. The third-order valence-electron chi connectivity index (χ3n) is 6.50. The number of rotatable bonds is 6. The number of hydrogen-bond donors (Lipinski definition) is 0. The number of nitrogens with zero attached hydrogens (tertiary/aromatic N) is 6. The molecule has 4 heterocycles. The van der Waals surface area contributed by atoms with Crippen LogP contribution in [0.1, 0.15) is 12.8 Å². The fourth-order valence-corrected chi connectivity index (χ4v) is 5.36. The van der Waals surface area contributed by atoms with Gasteiger partial charge in [-0.05, 0) is 43.2 Å². The monoisotopic (exact) mass is 530 g/mol. The van der Waals surface area contributed by atoms with Gasteiger partial charge in [0.2, 0.25) is 5.91 Å². The molecule has 33 heavy (non-hydrogen) atoms. The minimum absolute atomic E-state index is 0.111. The first-order valence-corrected chi connectivity index (χ1v) is 12.9. The molecule has 1 amide bonds. The largest absolute Gasteiger partial charge is 0.492 e. The van der Waals surface area contributed by atoms with E-state index in [-0.39, 0.29) is 5.92 Å². The van der Waals surface area contributed by atoms with Crippen molar-refractivity contribution in [3.8, 4) is 5.75 Å². The Morgan fingerprint density at radius 3 is 2.55 bits per heavy atom. The van der Waals surface area contributed by atoms with Crippen LogP contribution in [0.4, 0.5) is 5.69 Å². The summed E-state index contributed by atoms with van der Waals surface area (Å²) >= 11 is 4.63. The topological polar surface area (TPSA) is 74.7 Å². The number of anilines is 1. The zero-order valence-electron chi connectivity index (χ0n) is 18.4. The van der Waals surface area contributed by atoms with Crippen LogP contribution in [0, 0.1) is 5.92 Å². The predicted molar refractivity (Wildman–Crippen MR) is 133 cm³/mol. The van der Waals surface area contributed by atoms with Crippen molar-refractivity contribution in [1.82, 2.24) is 23.5 Å². The molecule has 10 heteroatoms. The SMILES string of the molecule is O=C(C1CCN(c2ccnc3nsnc23)CC1)N1CCN(CCOc2ccc(Br)cc2)CC1. The number of halogens is 1. The molecule has 0 saturated carbocycles. The average molecular weight is 531 g/mol. The third kappa shape index (κ3) is 5.28. The maximum atomic E-state index is 13.1. The van der Waals surface area contributed by atoms with Crippen LogP contribution < -0.4 is 9.64 Å². The second-order valence-electron chi connectivity index (χ2n) is 8.50. The van der Waals surface area contributed by atoms with Crippen molar-refractivity contribution >= 4 is 50.4 Å². The van der Waals surface area contributed by atoms with Crippen molar-refractivity contribution < 1.29 is 9.53 Å². The Hall–Kier alpha value is -2.30. The van der Waals surface area contributed by atoms with Gasteiger partial charge in [-0.25, -0.2) is 4.98 Å². The standard InChI is InChI=1S/C23H27BrN6O2S/c24-18-1-3-19(4-2-18)32-16-15-28-11-13-30(14-12-28)23(31)17-6-9-29(10-7-17)20-5-8-25-22-21(20)26-33-27-22/h1-5,8,17H,6-7,9-16H2. The number of piperazine rings is 1. The van der Waals surface area contributed by atoms with E-state index in [9.17, 15) is 4.79 Å². The predicted octanol–water partition coefficient (Wildman–Crippen LogP) is 3.29. The molecule has 3 aromatic rings. The van der Waals surface area contributed by atoms with Gasteiger partial charge in [0.15, 0.2) is 5.65 Å². The van der Waals surface area contributed by atoms with Crippen LogP contribution in [0.5, 0.6) is 5.75 Å². The summed E-state index contributed by atoms with van der Waals surface area (Å²) in [5.74, 6) is 1.31. The van der Waals surface area contributed by atoms with E-state index in [1.54, 1.807) is 6.20 Å². The van der Waals surface area contributed by atoms with Crippen LogP contribution in [0.2, 0.25) is 0 Å². The Morgan fingerprint density at radius 1 is 1.03 bits per heavy atom. The number of hydrogen-bond acceptors (Lipinski definition) is 8. The summed E-state index contributed by atoms with van der Waals surface area (Å²) in [6, 6.07) is 9.91. The molecular weight excluding hydrogens is 504 g/mol. The Balaban J connectivity index is 1.06. The number of ether oxygens (including phenoxy) is 1. The van der Waals surface area contributed by atoms with Gasteiger partial charge in [-0.3, -0.25) is 9.69 Å². The first-order chi connectivity index (χ1) is 16.2. The van der Waals surface area contributed by atoms with Crippen LogP contribution >= 0.6 is 27.7 Å². The molecule has 0 bridgehead atoms.